The minimum absolute atomic E-state index is 0.182. The van der Waals surface area contributed by atoms with E-state index in [1.807, 2.05) is 6.92 Å². The molecule has 166 valence electrons. The Labute approximate surface area is 165 Å². The molecule has 0 aromatic carbocycles. The summed E-state index contributed by atoms with van der Waals surface area (Å²) in [5.74, 6) is -3.81. The molecule has 0 saturated carbocycles. The topological polar surface area (TPSA) is 163 Å². The number of ether oxygens (including phenoxy) is 1. The fraction of sp³-hybridized carbons (Fsp3) is 0.625. The number of halogens is 3. The Morgan fingerprint density at radius 3 is 2.24 bits per heavy atom. The zero-order valence-corrected chi connectivity index (χ0v) is 16.1. The van der Waals surface area contributed by atoms with E-state index < -0.39 is 36.3 Å². The van der Waals surface area contributed by atoms with Crippen LogP contribution >= 0.6 is 0 Å². The number of carbonyl (C=O) groups is 3. The number of nitrogens with two attached hydrogens (primary N) is 1. The van der Waals surface area contributed by atoms with Crippen LogP contribution in [0.1, 0.15) is 26.7 Å². The van der Waals surface area contributed by atoms with Gasteiger partial charge in [0.1, 0.15) is 0 Å². The molecule has 0 heterocycles. The molecule has 10 nitrogen and oxygen atoms in total. The van der Waals surface area contributed by atoms with E-state index in [-0.39, 0.29) is 23.9 Å². The van der Waals surface area contributed by atoms with Gasteiger partial charge in [-0.15, -0.1) is 0 Å². The molecule has 3 atom stereocenters. The molecule has 0 aromatic heterocycles. The molecule has 0 saturated heterocycles. The number of aliphatic imine (C=N–C) groups is 1. The lowest BCUT2D eigenvalue weighted by Gasteiger charge is -2.37. The monoisotopic (exact) mass is 426 g/mol. The van der Waals surface area contributed by atoms with Gasteiger partial charge in [-0.3, -0.25) is 9.79 Å². The first-order valence-corrected chi connectivity index (χ1v) is 8.45. The third kappa shape index (κ3) is 9.78. The van der Waals surface area contributed by atoms with Gasteiger partial charge in [-0.1, -0.05) is 6.92 Å². The van der Waals surface area contributed by atoms with Gasteiger partial charge in [0.2, 0.25) is 5.91 Å². The molecular weight excluding hydrogens is 401 g/mol. The summed E-state index contributed by atoms with van der Waals surface area (Å²) in [4.78, 5) is 35.5. The number of hydrogen-bond acceptors (Lipinski definition) is 5. The van der Waals surface area contributed by atoms with E-state index in [1.54, 1.807) is 6.08 Å². The van der Waals surface area contributed by atoms with Gasteiger partial charge in [-0.05, 0) is 12.5 Å². The van der Waals surface area contributed by atoms with E-state index in [9.17, 15) is 27.9 Å². The number of alkyl halides is 3. The van der Waals surface area contributed by atoms with E-state index in [0.29, 0.717) is 6.61 Å². The standard InChI is InChI=1S/C14H24N4O4.C2HF3O2/c1-4-5-22-11-7-9(13(20)21)6-10(18-14(15)16-3)12(11)17-8(2)19;3-2(4,5)1(6)7/h7,10-12H,4-6H2,1-3H3,(H,17,19)(H,20,21)(H3,15,16,18);(H,6,7)/t10-,11+,12+;/m0./s1. The Morgan fingerprint density at radius 2 is 1.86 bits per heavy atom. The zero-order chi connectivity index (χ0) is 22.8. The van der Waals surface area contributed by atoms with Crippen molar-refractivity contribution in [2.24, 2.45) is 10.7 Å². The predicted molar refractivity (Wildman–Crippen MR) is 96.1 cm³/mol. The molecule has 1 aliphatic carbocycles. The molecule has 0 spiro atoms. The van der Waals surface area contributed by atoms with E-state index in [0.717, 1.165) is 6.42 Å². The van der Waals surface area contributed by atoms with E-state index in [1.165, 1.54) is 14.0 Å². The van der Waals surface area contributed by atoms with E-state index in [2.05, 4.69) is 15.6 Å². The molecule has 0 bridgehead atoms. The maximum atomic E-state index is 11.5. The quantitative estimate of drug-likeness (QED) is 0.298. The van der Waals surface area contributed by atoms with E-state index >= 15 is 0 Å². The summed E-state index contributed by atoms with van der Waals surface area (Å²) in [6, 6.07) is -0.835. The summed E-state index contributed by atoms with van der Waals surface area (Å²) in [5.41, 5.74) is 5.91. The van der Waals surface area contributed by atoms with Gasteiger partial charge in [-0.2, -0.15) is 13.2 Å². The number of hydrogen-bond donors (Lipinski definition) is 5. The molecule has 1 amide bonds. The summed E-state index contributed by atoms with van der Waals surface area (Å²) in [5, 5.41) is 22.1. The van der Waals surface area contributed by atoms with Crippen molar-refractivity contribution in [1.82, 2.24) is 10.6 Å². The number of amides is 1. The third-order valence-electron chi connectivity index (χ3n) is 3.57. The fourth-order valence-electron chi connectivity index (χ4n) is 2.34. The van der Waals surface area contributed by atoms with Gasteiger partial charge in [0.05, 0.1) is 18.2 Å². The normalized spacial score (nSPS) is 21.9. The smallest absolute Gasteiger partial charge is 0.478 e. The molecule has 1 aliphatic rings. The summed E-state index contributed by atoms with van der Waals surface area (Å²) in [7, 11) is 1.53. The molecule has 0 fully saturated rings. The van der Waals surface area contributed by atoms with E-state index in [4.69, 9.17) is 20.4 Å². The van der Waals surface area contributed by atoms with Gasteiger partial charge in [0.25, 0.3) is 0 Å². The number of aliphatic carboxylic acids is 2. The van der Waals surface area contributed by atoms with Crippen molar-refractivity contribution in [3.63, 3.8) is 0 Å². The van der Waals surface area contributed by atoms with Crippen molar-refractivity contribution in [2.45, 2.75) is 51.1 Å². The number of carbonyl (C=O) groups excluding carboxylic acids is 1. The fourth-order valence-corrected chi connectivity index (χ4v) is 2.34. The van der Waals surface area contributed by atoms with Crippen LogP contribution in [0.25, 0.3) is 0 Å². The van der Waals surface area contributed by atoms with Crippen LogP contribution in [0.15, 0.2) is 16.6 Å². The van der Waals surface area contributed by atoms with Gasteiger partial charge in [-0.25, -0.2) is 9.59 Å². The van der Waals surface area contributed by atoms with Gasteiger partial charge < -0.3 is 31.3 Å². The Kier molecular flexibility index (Phi) is 10.7. The molecule has 13 heteroatoms. The second-order valence-corrected chi connectivity index (χ2v) is 5.93. The molecule has 1 rings (SSSR count). The van der Waals surface area contributed by atoms with Crippen molar-refractivity contribution in [3.8, 4) is 0 Å². The van der Waals surface area contributed by atoms with Crippen LogP contribution in [0, 0.1) is 0 Å². The predicted octanol–water partition coefficient (Wildman–Crippen LogP) is 0.237. The highest BCUT2D eigenvalue weighted by atomic mass is 19.4. The lowest BCUT2D eigenvalue weighted by atomic mass is 9.87. The van der Waals surface area contributed by atoms with Crippen LogP contribution in [-0.4, -0.2) is 72.0 Å². The largest absolute Gasteiger partial charge is 0.490 e. The Bertz CT molecular complexity index is 651. The lowest BCUT2D eigenvalue weighted by Crippen LogP contribution is -2.60. The van der Waals surface area contributed by atoms with Crippen molar-refractivity contribution in [3.05, 3.63) is 11.6 Å². The van der Waals surface area contributed by atoms with Crippen molar-refractivity contribution in [2.75, 3.05) is 13.7 Å². The number of nitrogens with zero attached hydrogens (tertiary/aromatic N) is 1. The van der Waals surface area contributed by atoms with Gasteiger partial charge in [0, 0.05) is 32.6 Å². The van der Waals surface area contributed by atoms with Crippen LogP contribution in [0.5, 0.6) is 0 Å². The first kappa shape index (κ1) is 26.2. The second-order valence-electron chi connectivity index (χ2n) is 5.93. The average molecular weight is 426 g/mol. The lowest BCUT2D eigenvalue weighted by molar-refractivity contribution is -0.192. The number of guanidine groups is 1. The first-order chi connectivity index (χ1) is 13.3. The van der Waals surface area contributed by atoms with Crippen LogP contribution in [0.2, 0.25) is 0 Å². The Balaban J connectivity index is 0.000000956. The van der Waals surface area contributed by atoms with Crippen molar-refractivity contribution >= 4 is 23.8 Å². The van der Waals surface area contributed by atoms with Crippen LogP contribution in [-0.2, 0) is 19.1 Å². The average Bonchev–Trinajstić information content (AvgIpc) is 2.60. The summed E-state index contributed by atoms with van der Waals surface area (Å²) >= 11 is 0. The van der Waals surface area contributed by atoms with Gasteiger partial charge in [0.15, 0.2) is 5.96 Å². The second kappa shape index (κ2) is 11.9. The van der Waals surface area contributed by atoms with Crippen molar-refractivity contribution < 1.29 is 42.5 Å². The summed E-state index contributed by atoms with van der Waals surface area (Å²) in [6.07, 6.45) is -3.07. The summed E-state index contributed by atoms with van der Waals surface area (Å²) in [6.45, 7) is 3.82. The summed E-state index contributed by atoms with van der Waals surface area (Å²) < 4.78 is 37.4. The molecule has 0 unspecified atom stereocenters. The zero-order valence-electron chi connectivity index (χ0n) is 16.1. The number of nitrogens with one attached hydrogen (secondary N) is 2. The first-order valence-electron chi connectivity index (χ1n) is 8.45. The third-order valence-corrected chi connectivity index (χ3v) is 3.57. The SMILES string of the molecule is CCCO[C@@H]1C=C(C(=O)O)C[C@H](NC(N)=NC)[C@H]1NC(C)=O.O=C(O)C(F)(F)F. The molecular formula is C16H25F3N4O6. The Hall–Kier alpha value is -2.83. The Morgan fingerprint density at radius 1 is 1.31 bits per heavy atom. The number of carboxylic acid groups (broad SMARTS) is 2. The molecule has 0 aliphatic heterocycles. The highest BCUT2D eigenvalue weighted by Gasteiger charge is 2.38. The van der Waals surface area contributed by atoms with Crippen molar-refractivity contribution in [1.29, 1.82) is 0 Å². The maximum Gasteiger partial charge on any atom is 0.490 e. The highest BCUT2D eigenvalue weighted by Crippen LogP contribution is 2.22. The molecule has 6 N–H and O–H groups in total. The van der Waals surface area contributed by atoms with Crippen LogP contribution in [0.3, 0.4) is 0 Å². The molecule has 0 radical (unpaired) electrons. The van der Waals surface area contributed by atoms with Gasteiger partial charge >= 0.3 is 18.1 Å². The number of carboxylic acids is 2. The van der Waals surface area contributed by atoms with Crippen LogP contribution in [0.4, 0.5) is 13.2 Å². The highest BCUT2D eigenvalue weighted by molar-refractivity contribution is 5.87. The molecule has 29 heavy (non-hydrogen) atoms. The maximum absolute atomic E-state index is 11.5. The number of rotatable bonds is 6. The molecule has 0 aromatic rings. The van der Waals surface area contributed by atoms with Crippen LogP contribution < -0.4 is 16.4 Å². The minimum Gasteiger partial charge on any atom is -0.478 e. The minimum atomic E-state index is -5.08.